The fraction of sp³-hybridized carbons (Fsp3) is 0.0968. The van der Waals surface area contributed by atoms with Gasteiger partial charge < -0.3 is 9.47 Å². The van der Waals surface area contributed by atoms with Crippen LogP contribution >= 0.6 is 0 Å². The van der Waals surface area contributed by atoms with E-state index in [0.717, 1.165) is 27.6 Å². The quantitative estimate of drug-likeness (QED) is 0.129. The van der Waals surface area contributed by atoms with E-state index in [1.54, 1.807) is 42.5 Å². The van der Waals surface area contributed by atoms with Crippen LogP contribution in [0.2, 0.25) is 0 Å². The van der Waals surface area contributed by atoms with Gasteiger partial charge in [0, 0.05) is 23.1 Å². The van der Waals surface area contributed by atoms with Gasteiger partial charge in [0.2, 0.25) is 0 Å². The van der Waals surface area contributed by atoms with Crippen molar-refractivity contribution in [1.82, 2.24) is 4.98 Å². The molecule has 5 aromatic rings. The number of non-ortho nitro benzene ring substituents is 1. The molecule has 0 fully saturated rings. The van der Waals surface area contributed by atoms with E-state index in [2.05, 4.69) is 26.0 Å². The third-order valence-corrected chi connectivity index (χ3v) is 6.32. The molecule has 7 heteroatoms. The van der Waals surface area contributed by atoms with Crippen molar-refractivity contribution in [2.45, 2.75) is 20.5 Å². The van der Waals surface area contributed by atoms with Gasteiger partial charge in [0.05, 0.1) is 21.7 Å². The van der Waals surface area contributed by atoms with Crippen LogP contribution in [-0.2, 0) is 11.3 Å². The molecule has 0 aliphatic heterocycles. The van der Waals surface area contributed by atoms with Crippen molar-refractivity contribution in [3.63, 3.8) is 0 Å². The van der Waals surface area contributed by atoms with Crippen LogP contribution < -0.4 is 4.74 Å². The number of nitro groups is 1. The maximum Gasteiger partial charge on any atom is 0.339 e. The minimum Gasteiger partial charge on any atom is -0.457 e. The molecule has 188 valence electrons. The van der Waals surface area contributed by atoms with Gasteiger partial charge in [-0.1, -0.05) is 42.5 Å². The zero-order valence-corrected chi connectivity index (χ0v) is 20.9. The lowest BCUT2D eigenvalue weighted by molar-refractivity contribution is -0.384. The van der Waals surface area contributed by atoms with Crippen LogP contribution in [0.15, 0.2) is 97.1 Å². The molecule has 0 unspecified atom stereocenters. The predicted molar refractivity (Wildman–Crippen MR) is 145 cm³/mol. The van der Waals surface area contributed by atoms with Gasteiger partial charge in [0.15, 0.2) is 0 Å². The molecule has 0 saturated heterocycles. The number of fused-ring (bicyclic) bond motifs is 1. The highest BCUT2D eigenvalue weighted by atomic mass is 16.6. The van der Waals surface area contributed by atoms with E-state index in [0.29, 0.717) is 22.8 Å². The minimum absolute atomic E-state index is 0.00223. The van der Waals surface area contributed by atoms with Crippen LogP contribution in [0.4, 0.5) is 5.69 Å². The maximum atomic E-state index is 13.2. The molecular weight excluding hydrogens is 480 g/mol. The molecule has 1 heterocycles. The van der Waals surface area contributed by atoms with Crippen LogP contribution in [-0.4, -0.2) is 15.9 Å². The third-order valence-electron chi connectivity index (χ3n) is 6.32. The first-order chi connectivity index (χ1) is 18.4. The molecule has 0 N–H and O–H groups in total. The number of ether oxygens (including phenoxy) is 2. The molecular formula is C31H24N2O5. The average molecular weight is 505 g/mol. The van der Waals surface area contributed by atoms with Gasteiger partial charge in [-0.3, -0.25) is 10.1 Å². The van der Waals surface area contributed by atoms with Gasteiger partial charge in [-0.25, -0.2) is 9.78 Å². The summed E-state index contributed by atoms with van der Waals surface area (Å²) in [6, 6.07) is 28.4. The Balaban J connectivity index is 1.31. The van der Waals surface area contributed by atoms with Crippen LogP contribution in [0.1, 0.15) is 27.0 Å². The van der Waals surface area contributed by atoms with Crippen molar-refractivity contribution < 1.29 is 19.2 Å². The Labute approximate surface area is 219 Å². The molecule has 5 rings (SSSR count). The monoisotopic (exact) mass is 504 g/mol. The van der Waals surface area contributed by atoms with E-state index < -0.39 is 10.9 Å². The van der Waals surface area contributed by atoms with Crippen LogP contribution in [0.3, 0.4) is 0 Å². The number of carbonyl (C=O) groups excluding carboxylic acids is 1. The standard InChI is InChI=1S/C31H24N2O5/c1-20-7-10-23(17-21(20)2)30-18-28(27-5-3-4-6-29(27)32-30)31(34)37-19-22-8-13-25(14-9-22)38-26-15-11-24(12-16-26)33(35)36/h3-18H,19H2,1-2H3. The molecule has 0 atom stereocenters. The summed E-state index contributed by atoms with van der Waals surface area (Å²) in [6.45, 7) is 4.20. The zero-order valence-electron chi connectivity index (χ0n) is 20.9. The number of esters is 1. The summed E-state index contributed by atoms with van der Waals surface area (Å²) in [5, 5.41) is 11.5. The first kappa shape index (κ1) is 24.6. The number of pyridine rings is 1. The van der Waals surface area contributed by atoms with E-state index in [4.69, 9.17) is 14.5 Å². The Bertz CT molecular complexity index is 1640. The smallest absolute Gasteiger partial charge is 0.339 e. The lowest BCUT2D eigenvalue weighted by Gasteiger charge is -2.11. The second kappa shape index (κ2) is 10.5. The van der Waals surface area contributed by atoms with Crippen LogP contribution in [0, 0.1) is 24.0 Å². The first-order valence-electron chi connectivity index (χ1n) is 12.0. The minimum atomic E-state index is -0.459. The normalized spacial score (nSPS) is 10.8. The molecule has 38 heavy (non-hydrogen) atoms. The number of carbonyl (C=O) groups is 1. The zero-order chi connectivity index (χ0) is 26.6. The Hall–Kier alpha value is -5.04. The van der Waals surface area contributed by atoms with Crippen molar-refractivity contribution >= 4 is 22.6 Å². The number of aromatic nitrogens is 1. The number of hydrogen-bond donors (Lipinski definition) is 0. The highest BCUT2D eigenvalue weighted by Crippen LogP contribution is 2.28. The Morgan fingerprint density at radius 2 is 1.53 bits per heavy atom. The highest BCUT2D eigenvalue weighted by Gasteiger charge is 2.16. The number of aryl methyl sites for hydroxylation is 2. The van der Waals surface area contributed by atoms with Crippen LogP contribution in [0.25, 0.3) is 22.2 Å². The van der Waals surface area contributed by atoms with Gasteiger partial charge in [-0.05, 0) is 73.0 Å². The SMILES string of the molecule is Cc1ccc(-c2cc(C(=O)OCc3ccc(Oc4ccc([N+](=O)[O-])cc4)cc3)c3ccccc3n2)cc1C. The lowest BCUT2D eigenvalue weighted by Crippen LogP contribution is -2.07. The van der Waals surface area contributed by atoms with E-state index in [1.165, 1.54) is 17.7 Å². The molecule has 0 aliphatic carbocycles. The highest BCUT2D eigenvalue weighted by molar-refractivity contribution is 6.04. The van der Waals surface area contributed by atoms with Gasteiger partial charge >= 0.3 is 5.97 Å². The summed E-state index contributed by atoms with van der Waals surface area (Å²) in [5.74, 6) is 0.617. The Morgan fingerprint density at radius 1 is 0.842 bits per heavy atom. The summed E-state index contributed by atoms with van der Waals surface area (Å²) in [4.78, 5) is 28.3. The lowest BCUT2D eigenvalue weighted by atomic mass is 10.0. The number of hydrogen-bond acceptors (Lipinski definition) is 6. The summed E-state index contributed by atoms with van der Waals surface area (Å²) < 4.78 is 11.4. The largest absolute Gasteiger partial charge is 0.457 e. The Kier molecular flexibility index (Phi) is 6.82. The fourth-order valence-electron chi connectivity index (χ4n) is 4.05. The maximum absolute atomic E-state index is 13.2. The third kappa shape index (κ3) is 5.37. The van der Waals surface area contributed by atoms with Crippen molar-refractivity contribution in [2.75, 3.05) is 0 Å². The van der Waals surface area contributed by atoms with Crippen molar-refractivity contribution in [3.05, 3.63) is 129 Å². The molecule has 0 bridgehead atoms. The first-order valence-corrected chi connectivity index (χ1v) is 12.0. The summed E-state index contributed by atoms with van der Waals surface area (Å²) in [5.41, 5.74) is 5.98. The predicted octanol–water partition coefficient (Wildman–Crippen LogP) is 7.58. The van der Waals surface area contributed by atoms with E-state index in [9.17, 15) is 14.9 Å². The topological polar surface area (TPSA) is 91.6 Å². The van der Waals surface area contributed by atoms with Crippen molar-refractivity contribution in [2.24, 2.45) is 0 Å². The van der Waals surface area contributed by atoms with Gasteiger partial charge in [-0.15, -0.1) is 0 Å². The fourth-order valence-corrected chi connectivity index (χ4v) is 4.05. The molecule has 0 aliphatic rings. The summed E-state index contributed by atoms with van der Waals surface area (Å²) >= 11 is 0. The molecule has 0 spiro atoms. The van der Waals surface area contributed by atoms with Crippen LogP contribution in [0.5, 0.6) is 11.5 Å². The van der Waals surface area contributed by atoms with Gasteiger partial charge in [0.25, 0.3) is 5.69 Å². The van der Waals surface area contributed by atoms with Gasteiger partial charge in [-0.2, -0.15) is 0 Å². The van der Waals surface area contributed by atoms with E-state index >= 15 is 0 Å². The molecule has 1 aromatic heterocycles. The molecule has 0 amide bonds. The molecule has 4 aromatic carbocycles. The number of benzene rings is 4. The van der Waals surface area contributed by atoms with E-state index in [1.807, 2.05) is 30.3 Å². The average Bonchev–Trinajstić information content (AvgIpc) is 2.93. The van der Waals surface area contributed by atoms with E-state index in [-0.39, 0.29) is 12.3 Å². The van der Waals surface area contributed by atoms with Gasteiger partial charge in [0.1, 0.15) is 18.1 Å². The summed E-state index contributed by atoms with van der Waals surface area (Å²) in [7, 11) is 0. The molecule has 0 saturated carbocycles. The Morgan fingerprint density at radius 3 is 2.21 bits per heavy atom. The molecule has 0 radical (unpaired) electrons. The number of para-hydroxylation sites is 1. The summed E-state index contributed by atoms with van der Waals surface area (Å²) in [6.07, 6.45) is 0. The molecule has 7 nitrogen and oxygen atoms in total. The van der Waals surface area contributed by atoms with Crippen molar-refractivity contribution in [1.29, 1.82) is 0 Å². The number of nitrogens with zero attached hydrogens (tertiary/aromatic N) is 2. The number of nitro benzene ring substituents is 1. The number of rotatable bonds is 7. The van der Waals surface area contributed by atoms with Crippen molar-refractivity contribution in [3.8, 4) is 22.8 Å². The second-order valence-corrected chi connectivity index (χ2v) is 8.94. The second-order valence-electron chi connectivity index (χ2n) is 8.94.